The van der Waals surface area contributed by atoms with Crippen molar-refractivity contribution in [3.8, 4) is 0 Å². The van der Waals surface area contributed by atoms with Crippen molar-refractivity contribution in [1.29, 1.82) is 0 Å². The van der Waals surface area contributed by atoms with E-state index >= 15 is 0 Å². The molecular formula is C6H6ClN3O2. The van der Waals surface area contributed by atoms with Gasteiger partial charge in [-0.05, 0) is 29.3 Å². The molecule has 6 heteroatoms. The summed E-state index contributed by atoms with van der Waals surface area (Å²) in [6, 6.07) is 2.38. The molecule has 0 aromatic carbocycles. The van der Waals surface area contributed by atoms with E-state index in [0.717, 1.165) is 0 Å². The van der Waals surface area contributed by atoms with E-state index in [0.29, 0.717) is 5.76 Å². The molecule has 1 atom stereocenters. The minimum absolute atomic E-state index is 0.205. The maximum Gasteiger partial charge on any atom is 0.193 e. The van der Waals surface area contributed by atoms with Gasteiger partial charge in [0.05, 0.1) is 6.61 Å². The number of hydrogen-bond acceptors (Lipinski definition) is 3. The van der Waals surface area contributed by atoms with Gasteiger partial charge in [-0.2, -0.15) is 0 Å². The molecule has 0 fully saturated rings. The van der Waals surface area contributed by atoms with Gasteiger partial charge >= 0.3 is 0 Å². The molecule has 0 bridgehead atoms. The van der Waals surface area contributed by atoms with E-state index in [1.54, 1.807) is 6.07 Å². The second-order valence-corrected chi connectivity index (χ2v) is 2.42. The lowest BCUT2D eigenvalue weighted by atomic mass is 10.2. The van der Waals surface area contributed by atoms with Crippen molar-refractivity contribution in [1.82, 2.24) is 0 Å². The van der Waals surface area contributed by atoms with Crippen LogP contribution in [0.1, 0.15) is 11.8 Å². The average molecular weight is 188 g/mol. The van der Waals surface area contributed by atoms with Crippen molar-refractivity contribution < 1.29 is 9.52 Å². The summed E-state index contributed by atoms with van der Waals surface area (Å²) in [5.41, 5.74) is 8.11. The highest BCUT2D eigenvalue weighted by Crippen LogP contribution is 2.22. The summed E-state index contributed by atoms with van der Waals surface area (Å²) in [5.74, 6) is 0.361. The maximum absolute atomic E-state index is 8.75. The van der Waals surface area contributed by atoms with Crippen molar-refractivity contribution in [2.75, 3.05) is 6.61 Å². The molecule has 0 amide bonds. The average Bonchev–Trinajstić information content (AvgIpc) is 2.47. The highest BCUT2D eigenvalue weighted by molar-refractivity contribution is 6.28. The summed E-state index contributed by atoms with van der Waals surface area (Å²) in [5, 5.41) is 12.3. The monoisotopic (exact) mass is 187 g/mol. The first kappa shape index (κ1) is 8.93. The predicted octanol–water partition coefficient (Wildman–Crippen LogP) is 2.28. The van der Waals surface area contributed by atoms with E-state index in [9.17, 15) is 0 Å². The van der Waals surface area contributed by atoms with E-state index in [1.807, 2.05) is 0 Å². The molecule has 0 radical (unpaired) electrons. The first-order chi connectivity index (χ1) is 5.77. The van der Waals surface area contributed by atoms with Gasteiger partial charge in [0.25, 0.3) is 0 Å². The molecule has 1 N–H and O–H groups in total. The van der Waals surface area contributed by atoms with Gasteiger partial charge < -0.3 is 9.52 Å². The lowest BCUT2D eigenvalue weighted by molar-refractivity contribution is 0.252. The zero-order valence-corrected chi connectivity index (χ0v) is 6.77. The lowest BCUT2D eigenvalue weighted by Gasteiger charge is -2.01. The van der Waals surface area contributed by atoms with E-state index in [4.69, 9.17) is 26.7 Å². The van der Waals surface area contributed by atoms with Crippen LogP contribution in [0.4, 0.5) is 0 Å². The summed E-state index contributed by atoms with van der Waals surface area (Å²) < 4.78 is 4.93. The van der Waals surface area contributed by atoms with Crippen LogP contribution in [-0.4, -0.2) is 11.7 Å². The van der Waals surface area contributed by atoms with Crippen LogP contribution in [0, 0.1) is 0 Å². The second kappa shape index (κ2) is 4.01. The quantitative estimate of drug-likeness (QED) is 0.447. The van der Waals surface area contributed by atoms with Gasteiger partial charge in [-0.3, -0.25) is 0 Å². The van der Waals surface area contributed by atoms with Crippen LogP contribution in [-0.2, 0) is 0 Å². The van der Waals surface area contributed by atoms with Crippen molar-refractivity contribution in [3.63, 3.8) is 0 Å². The van der Waals surface area contributed by atoms with E-state index in [-0.39, 0.29) is 11.8 Å². The van der Waals surface area contributed by atoms with Crippen molar-refractivity contribution in [2.24, 2.45) is 5.11 Å². The Labute approximate surface area is 73.2 Å². The first-order valence-corrected chi connectivity index (χ1v) is 3.56. The number of halogens is 1. The molecule has 0 aliphatic heterocycles. The van der Waals surface area contributed by atoms with Crippen LogP contribution in [0.25, 0.3) is 10.4 Å². The van der Waals surface area contributed by atoms with Crippen LogP contribution in [0.15, 0.2) is 21.7 Å². The fraction of sp³-hybridized carbons (Fsp3) is 0.333. The van der Waals surface area contributed by atoms with Gasteiger partial charge in [0.2, 0.25) is 0 Å². The van der Waals surface area contributed by atoms with Gasteiger partial charge in [0, 0.05) is 4.91 Å². The number of nitrogens with zero attached hydrogens (tertiary/aromatic N) is 3. The minimum Gasteiger partial charge on any atom is -0.449 e. The molecule has 1 unspecified atom stereocenters. The summed E-state index contributed by atoms with van der Waals surface area (Å²) in [6.45, 7) is -0.298. The standard InChI is InChI=1S/C6H6ClN3O2/c7-6-2-1-5(12-6)4(3-11)9-10-8/h1-2,4,11H,3H2. The normalized spacial score (nSPS) is 12.2. The Hall–Kier alpha value is -1.16. The van der Waals surface area contributed by atoms with Crippen LogP contribution < -0.4 is 0 Å². The minimum atomic E-state index is -0.692. The molecule has 0 aliphatic carbocycles. The Morgan fingerprint density at radius 2 is 2.50 bits per heavy atom. The maximum atomic E-state index is 8.75. The third-order valence-corrected chi connectivity index (χ3v) is 1.49. The molecule has 0 saturated heterocycles. The van der Waals surface area contributed by atoms with Crippen LogP contribution in [0.5, 0.6) is 0 Å². The zero-order valence-electron chi connectivity index (χ0n) is 6.01. The second-order valence-electron chi connectivity index (χ2n) is 2.05. The number of azide groups is 1. The van der Waals surface area contributed by atoms with Crippen LogP contribution >= 0.6 is 11.6 Å². The molecule has 1 heterocycles. The Morgan fingerprint density at radius 1 is 1.75 bits per heavy atom. The molecule has 1 rings (SSSR count). The SMILES string of the molecule is [N-]=[N+]=NC(CO)c1ccc(Cl)o1. The molecule has 64 valence electrons. The van der Waals surface area contributed by atoms with Gasteiger partial charge in [0.1, 0.15) is 11.8 Å². The lowest BCUT2D eigenvalue weighted by Crippen LogP contribution is -1.97. The molecule has 5 nitrogen and oxygen atoms in total. The molecular weight excluding hydrogens is 182 g/mol. The van der Waals surface area contributed by atoms with E-state index in [1.165, 1.54) is 6.07 Å². The smallest absolute Gasteiger partial charge is 0.193 e. The number of rotatable bonds is 3. The predicted molar refractivity (Wildman–Crippen MR) is 42.7 cm³/mol. The molecule has 0 aliphatic rings. The Balaban J connectivity index is 2.86. The molecule has 0 saturated carbocycles. The number of aliphatic hydroxyl groups excluding tert-OH is 1. The topological polar surface area (TPSA) is 82.1 Å². The molecule has 0 spiro atoms. The fourth-order valence-corrected chi connectivity index (χ4v) is 0.905. The van der Waals surface area contributed by atoms with Crippen LogP contribution in [0.3, 0.4) is 0 Å². The van der Waals surface area contributed by atoms with E-state index in [2.05, 4.69) is 10.0 Å². The van der Waals surface area contributed by atoms with Gasteiger partial charge in [0.15, 0.2) is 5.22 Å². The zero-order chi connectivity index (χ0) is 8.97. The highest BCUT2D eigenvalue weighted by Gasteiger charge is 2.11. The van der Waals surface area contributed by atoms with Crippen LogP contribution in [0.2, 0.25) is 5.22 Å². The molecule has 1 aromatic heterocycles. The van der Waals surface area contributed by atoms with Crippen molar-refractivity contribution in [2.45, 2.75) is 6.04 Å². The summed E-state index contributed by atoms with van der Waals surface area (Å²) in [6.07, 6.45) is 0. The van der Waals surface area contributed by atoms with E-state index < -0.39 is 6.04 Å². The Bertz CT molecular complexity index is 305. The largest absolute Gasteiger partial charge is 0.449 e. The summed E-state index contributed by atoms with van der Waals surface area (Å²) in [4.78, 5) is 2.55. The number of hydrogen-bond donors (Lipinski definition) is 1. The third-order valence-electron chi connectivity index (χ3n) is 1.29. The Morgan fingerprint density at radius 3 is 2.92 bits per heavy atom. The summed E-state index contributed by atoms with van der Waals surface area (Å²) >= 11 is 5.48. The molecule has 12 heavy (non-hydrogen) atoms. The van der Waals surface area contributed by atoms with Crippen molar-refractivity contribution in [3.05, 3.63) is 33.6 Å². The molecule has 1 aromatic rings. The Kier molecular flexibility index (Phi) is 2.99. The van der Waals surface area contributed by atoms with Gasteiger partial charge in [-0.15, -0.1) is 0 Å². The third kappa shape index (κ3) is 1.92. The number of furan rings is 1. The van der Waals surface area contributed by atoms with Gasteiger partial charge in [-0.1, -0.05) is 5.11 Å². The highest BCUT2D eigenvalue weighted by atomic mass is 35.5. The van der Waals surface area contributed by atoms with Gasteiger partial charge in [-0.25, -0.2) is 0 Å². The summed E-state index contributed by atoms with van der Waals surface area (Å²) in [7, 11) is 0. The van der Waals surface area contributed by atoms with Crippen molar-refractivity contribution >= 4 is 11.6 Å². The fourth-order valence-electron chi connectivity index (χ4n) is 0.753. The number of aliphatic hydroxyl groups is 1. The first-order valence-electron chi connectivity index (χ1n) is 3.18.